The predicted molar refractivity (Wildman–Crippen MR) is 76.1 cm³/mol. The lowest BCUT2D eigenvalue weighted by molar-refractivity contribution is 0.147. The lowest BCUT2D eigenvalue weighted by atomic mass is 10.1. The second-order valence-electron chi connectivity index (χ2n) is 4.32. The summed E-state index contributed by atoms with van der Waals surface area (Å²) >= 11 is 0. The van der Waals surface area contributed by atoms with Gasteiger partial charge >= 0.3 is 0 Å². The molecule has 0 saturated carbocycles. The summed E-state index contributed by atoms with van der Waals surface area (Å²) in [4.78, 5) is 4.60. The van der Waals surface area contributed by atoms with Crippen molar-refractivity contribution in [2.24, 2.45) is 0 Å². The fraction of sp³-hybridized carbons (Fsp3) is 0.400. The molecule has 1 aromatic carbocycles. The predicted octanol–water partition coefficient (Wildman–Crippen LogP) is 3.38. The highest BCUT2D eigenvalue weighted by molar-refractivity contribution is 5.83. The van der Waals surface area contributed by atoms with Crippen LogP contribution < -0.4 is 5.32 Å². The van der Waals surface area contributed by atoms with Gasteiger partial charge in [-0.25, -0.2) is 4.98 Å². The quantitative estimate of drug-likeness (QED) is 0.791. The molecule has 3 heteroatoms. The number of aryl methyl sites for hydroxylation is 1. The topological polar surface area (TPSA) is 34.1 Å². The van der Waals surface area contributed by atoms with Gasteiger partial charge in [0.1, 0.15) is 5.82 Å². The van der Waals surface area contributed by atoms with Gasteiger partial charge in [-0.3, -0.25) is 0 Å². The lowest BCUT2D eigenvalue weighted by Crippen LogP contribution is -2.07. The van der Waals surface area contributed by atoms with E-state index in [2.05, 4.69) is 29.4 Å². The van der Waals surface area contributed by atoms with Crippen LogP contribution in [0.4, 0.5) is 5.82 Å². The molecule has 0 fully saturated rings. The van der Waals surface area contributed by atoms with Gasteiger partial charge < -0.3 is 10.1 Å². The Bertz CT molecular complexity index is 511. The Labute approximate surface area is 108 Å². The number of fused-ring (bicyclic) bond motifs is 1. The smallest absolute Gasteiger partial charge is 0.126 e. The summed E-state index contributed by atoms with van der Waals surface area (Å²) in [6, 6.07) is 10.3. The van der Waals surface area contributed by atoms with Crippen molar-refractivity contribution in [1.29, 1.82) is 0 Å². The minimum Gasteiger partial charge on any atom is -0.382 e. The van der Waals surface area contributed by atoms with E-state index in [1.807, 2.05) is 25.1 Å². The monoisotopic (exact) mass is 244 g/mol. The van der Waals surface area contributed by atoms with Crippen molar-refractivity contribution in [3.8, 4) is 0 Å². The number of para-hydroxylation sites is 1. The third kappa shape index (κ3) is 3.20. The maximum Gasteiger partial charge on any atom is 0.126 e. The van der Waals surface area contributed by atoms with Gasteiger partial charge in [-0.05, 0) is 38.0 Å². The van der Waals surface area contributed by atoms with Gasteiger partial charge in [-0.2, -0.15) is 0 Å². The number of benzene rings is 1. The minimum atomic E-state index is 0.785. The number of pyridine rings is 1. The summed E-state index contributed by atoms with van der Waals surface area (Å²) in [7, 11) is 0. The maximum absolute atomic E-state index is 5.30. The van der Waals surface area contributed by atoms with Crippen LogP contribution in [-0.2, 0) is 4.74 Å². The summed E-state index contributed by atoms with van der Waals surface area (Å²) < 4.78 is 5.30. The zero-order chi connectivity index (χ0) is 12.8. The van der Waals surface area contributed by atoms with Crippen LogP contribution in [0.5, 0.6) is 0 Å². The van der Waals surface area contributed by atoms with Crippen LogP contribution in [-0.4, -0.2) is 24.7 Å². The number of ether oxygens (including phenoxy) is 1. The molecule has 0 spiro atoms. The number of nitrogens with zero attached hydrogens (tertiary/aromatic N) is 1. The Morgan fingerprint density at radius 1 is 1.28 bits per heavy atom. The standard InChI is InChI=1S/C15H20N2O/c1-3-18-10-6-9-16-15-11-12(2)13-7-4-5-8-14(13)17-15/h4-5,7-8,11H,3,6,9-10H2,1-2H3,(H,16,17). The molecule has 96 valence electrons. The summed E-state index contributed by atoms with van der Waals surface area (Å²) in [5.74, 6) is 0.947. The molecular weight excluding hydrogens is 224 g/mol. The highest BCUT2D eigenvalue weighted by Crippen LogP contribution is 2.19. The Kier molecular flexibility index (Phi) is 4.53. The van der Waals surface area contributed by atoms with Crippen LogP contribution in [0.3, 0.4) is 0 Å². The number of anilines is 1. The first-order valence-corrected chi connectivity index (χ1v) is 6.49. The molecule has 0 radical (unpaired) electrons. The van der Waals surface area contributed by atoms with Gasteiger partial charge in [0.2, 0.25) is 0 Å². The molecule has 0 saturated heterocycles. The van der Waals surface area contributed by atoms with Crippen molar-refractivity contribution in [3.63, 3.8) is 0 Å². The molecule has 0 aliphatic heterocycles. The second-order valence-corrected chi connectivity index (χ2v) is 4.32. The molecule has 0 amide bonds. The van der Waals surface area contributed by atoms with Crippen LogP contribution >= 0.6 is 0 Å². The first kappa shape index (κ1) is 12.8. The van der Waals surface area contributed by atoms with Crippen LogP contribution in [0.15, 0.2) is 30.3 Å². The molecule has 0 bridgehead atoms. The lowest BCUT2D eigenvalue weighted by Gasteiger charge is -2.09. The molecule has 1 N–H and O–H groups in total. The van der Waals surface area contributed by atoms with Gasteiger partial charge in [-0.1, -0.05) is 18.2 Å². The van der Waals surface area contributed by atoms with Gasteiger partial charge in [-0.15, -0.1) is 0 Å². The Morgan fingerprint density at radius 2 is 2.11 bits per heavy atom. The second kappa shape index (κ2) is 6.36. The number of nitrogens with one attached hydrogen (secondary N) is 1. The van der Waals surface area contributed by atoms with Crippen LogP contribution in [0.2, 0.25) is 0 Å². The highest BCUT2D eigenvalue weighted by Gasteiger charge is 2.01. The summed E-state index contributed by atoms with van der Waals surface area (Å²) in [5.41, 5.74) is 2.30. The molecule has 2 aromatic rings. The van der Waals surface area contributed by atoms with E-state index in [4.69, 9.17) is 4.74 Å². The fourth-order valence-corrected chi connectivity index (χ4v) is 1.98. The van der Waals surface area contributed by atoms with E-state index in [-0.39, 0.29) is 0 Å². The average molecular weight is 244 g/mol. The number of rotatable bonds is 6. The van der Waals surface area contributed by atoms with E-state index in [1.54, 1.807) is 0 Å². The molecule has 18 heavy (non-hydrogen) atoms. The van der Waals surface area contributed by atoms with Gasteiger partial charge in [0.05, 0.1) is 5.52 Å². The maximum atomic E-state index is 5.30. The number of aromatic nitrogens is 1. The van der Waals surface area contributed by atoms with E-state index in [0.717, 1.165) is 37.5 Å². The third-order valence-electron chi connectivity index (χ3n) is 2.90. The Hall–Kier alpha value is -1.61. The zero-order valence-electron chi connectivity index (χ0n) is 11.1. The van der Waals surface area contributed by atoms with E-state index >= 15 is 0 Å². The number of hydrogen-bond acceptors (Lipinski definition) is 3. The highest BCUT2D eigenvalue weighted by atomic mass is 16.5. The van der Waals surface area contributed by atoms with E-state index in [9.17, 15) is 0 Å². The molecule has 3 nitrogen and oxygen atoms in total. The van der Waals surface area contributed by atoms with Crippen LogP contribution in [0.1, 0.15) is 18.9 Å². The fourth-order valence-electron chi connectivity index (χ4n) is 1.98. The minimum absolute atomic E-state index is 0.785. The summed E-state index contributed by atoms with van der Waals surface area (Å²) in [6.45, 7) is 6.62. The number of hydrogen-bond donors (Lipinski definition) is 1. The van der Waals surface area contributed by atoms with Crippen molar-refractivity contribution in [2.45, 2.75) is 20.3 Å². The normalized spacial score (nSPS) is 10.8. The van der Waals surface area contributed by atoms with Gasteiger partial charge in [0, 0.05) is 25.1 Å². The Morgan fingerprint density at radius 3 is 2.94 bits per heavy atom. The molecule has 1 aromatic heterocycles. The first-order chi connectivity index (χ1) is 8.81. The van der Waals surface area contributed by atoms with E-state index < -0.39 is 0 Å². The Balaban J connectivity index is 2.01. The molecule has 0 atom stereocenters. The summed E-state index contributed by atoms with van der Waals surface area (Å²) in [6.07, 6.45) is 1.00. The largest absolute Gasteiger partial charge is 0.382 e. The van der Waals surface area contributed by atoms with Crippen LogP contribution in [0, 0.1) is 6.92 Å². The molecular formula is C15H20N2O. The van der Waals surface area contributed by atoms with Gasteiger partial charge in [0.15, 0.2) is 0 Å². The van der Waals surface area contributed by atoms with E-state index in [0.29, 0.717) is 0 Å². The SMILES string of the molecule is CCOCCCNc1cc(C)c2ccccc2n1. The van der Waals surface area contributed by atoms with Crippen molar-refractivity contribution in [2.75, 3.05) is 25.1 Å². The molecule has 0 aliphatic rings. The average Bonchev–Trinajstić information content (AvgIpc) is 2.39. The molecule has 0 unspecified atom stereocenters. The van der Waals surface area contributed by atoms with Crippen molar-refractivity contribution < 1.29 is 4.74 Å². The van der Waals surface area contributed by atoms with Crippen LogP contribution in [0.25, 0.3) is 10.9 Å². The molecule has 2 rings (SSSR count). The molecule has 1 heterocycles. The molecule has 0 aliphatic carbocycles. The first-order valence-electron chi connectivity index (χ1n) is 6.49. The van der Waals surface area contributed by atoms with Crippen molar-refractivity contribution in [3.05, 3.63) is 35.9 Å². The van der Waals surface area contributed by atoms with Crippen molar-refractivity contribution in [1.82, 2.24) is 4.98 Å². The van der Waals surface area contributed by atoms with Crippen molar-refractivity contribution >= 4 is 16.7 Å². The third-order valence-corrected chi connectivity index (χ3v) is 2.90. The van der Waals surface area contributed by atoms with Gasteiger partial charge in [0.25, 0.3) is 0 Å². The van der Waals surface area contributed by atoms with E-state index in [1.165, 1.54) is 10.9 Å². The summed E-state index contributed by atoms with van der Waals surface area (Å²) in [5, 5.41) is 4.57. The zero-order valence-corrected chi connectivity index (χ0v) is 11.1.